The number of alkyl halides is 3. The Kier molecular flexibility index (Phi) is 5.00. The normalized spacial score (nSPS) is 16.8. The standard InChI is InChI=1S/C12H13ClF3N3O2/c13-11-18-6-8(9(19-11)12(14,15)16)10(20)17-5-7-1-3-21-4-2-7/h6-7H,1-5H2,(H,17,20). The summed E-state index contributed by atoms with van der Waals surface area (Å²) in [7, 11) is 0. The van der Waals surface area contributed by atoms with E-state index in [-0.39, 0.29) is 5.92 Å². The molecular weight excluding hydrogens is 311 g/mol. The summed E-state index contributed by atoms with van der Waals surface area (Å²) in [6.45, 7) is 1.49. The Bertz CT molecular complexity index is 519. The summed E-state index contributed by atoms with van der Waals surface area (Å²) < 4.78 is 43.7. The molecule has 0 bridgehead atoms. The minimum atomic E-state index is -4.77. The van der Waals surface area contributed by atoms with Crippen molar-refractivity contribution in [3.8, 4) is 0 Å². The zero-order valence-corrected chi connectivity index (χ0v) is 11.7. The summed E-state index contributed by atoms with van der Waals surface area (Å²) in [4.78, 5) is 18.5. The van der Waals surface area contributed by atoms with Gasteiger partial charge in [-0.2, -0.15) is 13.2 Å². The summed E-state index contributed by atoms with van der Waals surface area (Å²) in [6, 6.07) is 0. The Morgan fingerprint density at radius 3 is 2.71 bits per heavy atom. The molecule has 1 N–H and O–H groups in total. The first-order valence-corrected chi connectivity index (χ1v) is 6.71. The monoisotopic (exact) mass is 323 g/mol. The molecule has 1 fully saturated rings. The summed E-state index contributed by atoms with van der Waals surface area (Å²) >= 11 is 5.36. The molecule has 0 aliphatic carbocycles. The zero-order valence-electron chi connectivity index (χ0n) is 10.9. The van der Waals surface area contributed by atoms with Crippen molar-refractivity contribution in [2.75, 3.05) is 19.8 Å². The van der Waals surface area contributed by atoms with Crippen LogP contribution in [0.1, 0.15) is 28.9 Å². The molecule has 21 heavy (non-hydrogen) atoms. The Morgan fingerprint density at radius 1 is 1.43 bits per heavy atom. The molecule has 0 aromatic carbocycles. The Labute approximate surface area is 123 Å². The number of carbonyl (C=O) groups excluding carboxylic acids is 1. The van der Waals surface area contributed by atoms with Crippen molar-refractivity contribution in [1.82, 2.24) is 15.3 Å². The van der Waals surface area contributed by atoms with Gasteiger partial charge in [-0.05, 0) is 30.4 Å². The van der Waals surface area contributed by atoms with Gasteiger partial charge in [0.15, 0.2) is 5.69 Å². The molecule has 2 rings (SSSR count). The molecule has 5 nitrogen and oxygen atoms in total. The van der Waals surface area contributed by atoms with Gasteiger partial charge in [-0.25, -0.2) is 9.97 Å². The van der Waals surface area contributed by atoms with Crippen LogP contribution in [-0.4, -0.2) is 35.6 Å². The van der Waals surface area contributed by atoms with Crippen LogP contribution >= 0.6 is 11.6 Å². The fraction of sp³-hybridized carbons (Fsp3) is 0.583. The van der Waals surface area contributed by atoms with Crippen LogP contribution in [0.2, 0.25) is 5.28 Å². The number of hydrogen-bond donors (Lipinski definition) is 1. The van der Waals surface area contributed by atoms with Gasteiger partial charge in [0.2, 0.25) is 5.28 Å². The summed E-state index contributed by atoms with van der Waals surface area (Å²) in [6.07, 6.45) is -2.44. The maximum Gasteiger partial charge on any atom is 0.434 e. The maximum atomic E-state index is 12.8. The molecular formula is C12H13ClF3N3O2. The molecule has 1 aromatic rings. The Balaban J connectivity index is 2.08. The molecule has 2 heterocycles. The van der Waals surface area contributed by atoms with Gasteiger partial charge < -0.3 is 10.1 Å². The highest BCUT2D eigenvalue weighted by atomic mass is 35.5. The molecule has 1 aromatic heterocycles. The number of amides is 1. The molecule has 9 heteroatoms. The fourth-order valence-corrected chi connectivity index (χ4v) is 2.16. The molecule has 0 atom stereocenters. The van der Waals surface area contributed by atoms with Gasteiger partial charge in [0, 0.05) is 26.0 Å². The van der Waals surface area contributed by atoms with Crippen LogP contribution in [0.4, 0.5) is 13.2 Å². The largest absolute Gasteiger partial charge is 0.434 e. The molecule has 1 saturated heterocycles. The van der Waals surface area contributed by atoms with Crippen molar-refractivity contribution in [3.05, 3.63) is 22.7 Å². The number of halogens is 4. The van der Waals surface area contributed by atoms with E-state index in [0.717, 1.165) is 19.0 Å². The first kappa shape index (κ1) is 16.0. The van der Waals surface area contributed by atoms with E-state index in [1.807, 2.05) is 0 Å². The number of rotatable bonds is 3. The lowest BCUT2D eigenvalue weighted by Gasteiger charge is -2.22. The molecule has 1 amide bonds. The van der Waals surface area contributed by atoms with Gasteiger partial charge in [0.05, 0.1) is 5.56 Å². The zero-order chi connectivity index (χ0) is 15.5. The lowest BCUT2D eigenvalue weighted by molar-refractivity contribution is -0.141. The Morgan fingerprint density at radius 2 is 2.10 bits per heavy atom. The van der Waals surface area contributed by atoms with Crippen molar-refractivity contribution in [2.24, 2.45) is 5.92 Å². The van der Waals surface area contributed by atoms with Crippen LogP contribution in [0.25, 0.3) is 0 Å². The first-order valence-electron chi connectivity index (χ1n) is 6.33. The van der Waals surface area contributed by atoms with Gasteiger partial charge in [-0.1, -0.05) is 0 Å². The highest BCUT2D eigenvalue weighted by Gasteiger charge is 2.38. The van der Waals surface area contributed by atoms with Crippen LogP contribution in [0.3, 0.4) is 0 Å². The van der Waals surface area contributed by atoms with E-state index < -0.39 is 28.6 Å². The summed E-state index contributed by atoms with van der Waals surface area (Å²) in [5.74, 6) is -0.657. The van der Waals surface area contributed by atoms with Crippen molar-refractivity contribution < 1.29 is 22.7 Å². The number of carbonyl (C=O) groups is 1. The summed E-state index contributed by atoms with van der Waals surface area (Å²) in [5.41, 5.74) is -1.95. The molecule has 0 saturated carbocycles. The van der Waals surface area contributed by atoms with Crippen LogP contribution in [0.5, 0.6) is 0 Å². The molecule has 0 unspecified atom stereocenters. The average molecular weight is 324 g/mol. The van der Waals surface area contributed by atoms with Crippen molar-refractivity contribution >= 4 is 17.5 Å². The lowest BCUT2D eigenvalue weighted by atomic mass is 10.0. The lowest BCUT2D eigenvalue weighted by Crippen LogP contribution is -2.33. The minimum absolute atomic E-state index is 0.199. The third-order valence-electron chi connectivity index (χ3n) is 3.16. The minimum Gasteiger partial charge on any atom is -0.381 e. The average Bonchev–Trinajstić information content (AvgIpc) is 2.45. The van der Waals surface area contributed by atoms with Crippen molar-refractivity contribution in [1.29, 1.82) is 0 Å². The van der Waals surface area contributed by atoms with E-state index in [1.165, 1.54) is 0 Å². The third kappa shape index (κ3) is 4.28. The van der Waals surface area contributed by atoms with Crippen molar-refractivity contribution in [3.63, 3.8) is 0 Å². The highest BCUT2D eigenvalue weighted by molar-refractivity contribution is 6.28. The topological polar surface area (TPSA) is 64.1 Å². The van der Waals surface area contributed by atoms with E-state index in [0.29, 0.717) is 19.8 Å². The van der Waals surface area contributed by atoms with E-state index in [2.05, 4.69) is 15.3 Å². The predicted molar refractivity (Wildman–Crippen MR) is 67.9 cm³/mol. The van der Waals surface area contributed by atoms with Gasteiger partial charge in [-0.3, -0.25) is 4.79 Å². The second-order valence-corrected chi connectivity index (χ2v) is 5.00. The van der Waals surface area contributed by atoms with E-state index in [4.69, 9.17) is 16.3 Å². The van der Waals surface area contributed by atoms with Gasteiger partial charge >= 0.3 is 6.18 Å². The maximum absolute atomic E-state index is 12.8. The third-order valence-corrected chi connectivity index (χ3v) is 3.35. The van der Waals surface area contributed by atoms with Crippen molar-refractivity contribution in [2.45, 2.75) is 19.0 Å². The quantitative estimate of drug-likeness (QED) is 0.867. The Hall–Kier alpha value is -1.41. The fourth-order valence-electron chi connectivity index (χ4n) is 2.03. The van der Waals surface area contributed by atoms with Crippen LogP contribution in [0.15, 0.2) is 6.20 Å². The first-order chi connectivity index (χ1) is 9.88. The smallest absolute Gasteiger partial charge is 0.381 e. The molecule has 116 valence electrons. The second kappa shape index (κ2) is 6.57. The molecule has 1 aliphatic rings. The predicted octanol–water partition coefficient (Wildman–Crippen LogP) is 2.31. The van der Waals surface area contributed by atoms with Crippen LogP contribution in [-0.2, 0) is 10.9 Å². The molecule has 0 spiro atoms. The van der Waals surface area contributed by atoms with Crippen LogP contribution in [0, 0.1) is 5.92 Å². The molecule has 1 aliphatic heterocycles. The van der Waals surface area contributed by atoms with E-state index >= 15 is 0 Å². The SMILES string of the molecule is O=C(NCC1CCOCC1)c1cnc(Cl)nc1C(F)(F)F. The number of ether oxygens (including phenoxy) is 1. The van der Waals surface area contributed by atoms with Gasteiger partial charge in [0.25, 0.3) is 5.91 Å². The number of nitrogens with one attached hydrogen (secondary N) is 1. The number of aromatic nitrogens is 2. The molecule has 0 radical (unpaired) electrons. The number of nitrogens with zero attached hydrogens (tertiary/aromatic N) is 2. The van der Waals surface area contributed by atoms with Gasteiger partial charge in [0.1, 0.15) is 0 Å². The summed E-state index contributed by atoms with van der Waals surface area (Å²) in [5, 5.41) is 1.93. The van der Waals surface area contributed by atoms with Gasteiger partial charge in [-0.15, -0.1) is 0 Å². The van der Waals surface area contributed by atoms with E-state index in [1.54, 1.807) is 0 Å². The van der Waals surface area contributed by atoms with Crippen LogP contribution < -0.4 is 5.32 Å². The second-order valence-electron chi connectivity index (χ2n) is 4.66. The van der Waals surface area contributed by atoms with E-state index in [9.17, 15) is 18.0 Å². The highest BCUT2D eigenvalue weighted by Crippen LogP contribution is 2.30. The number of hydrogen-bond acceptors (Lipinski definition) is 4.